The van der Waals surface area contributed by atoms with Crippen LogP contribution in [-0.4, -0.2) is 48.6 Å². The molecule has 3 unspecified atom stereocenters. The van der Waals surface area contributed by atoms with Gasteiger partial charge in [-0.15, -0.1) is 0 Å². The molecule has 0 saturated carbocycles. The Labute approximate surface area is 385 Å². The Morgan fingerprint density at radius 2 is 1.13 bits per heavy atom. The zero-order valence-corrected chi connectivity index (χ0v) is 41.7. The first-order valence-corrected chi connectivity index (χ1v) is 24.9. The van der Waals surface area contributed by atoms with Crippen LogP contribution in [0.5, 0.6) is 11.5 Å². The number of rotatable bonds is 24. The first-order chi connectivity index (χ1) is 30.1. The summed E-state index contributed by atoms with van der Waals surface area (Å²) in [5.74, 6) is 2.52. The maximum atomic E-state index is 10.6. The Morgan fingerprint density at radius 3 is 1.68 bits per heavy atom. The van der Waals surface area contributed by atoms with E-state index in [2.05, 4.69) is 195 Å². The molecule has 0 saturated heterocycles. The number of thioether (sulfide) groups is 1. The van der Waals surface area contributed by atoms with Crippen LogP contribution in [0.25, 0.3) is 0 Å². The van der Waals surface area contributed by atoms with Crippen molar-refractivity contribution in [3.8, 4) is 11.5 Å². The lowest BCUT2D eigenvalue weighted by molar-refractivity contribution is -0.0146. The van der Waals surface area contributed by atoms with Crippen molar-refractivity contribution >= 4 is 29.8 Å². The third kappa shape index (κ3) is 13.0. The third-order valence-electron chi connectivity index (χ3n) is 12.5. The van der Waals surface area contributed by atoms with Crippen molar-refractivity contribution in [1.29, 1.82) is 0 Å². The van der Waals surface area contributed by atoms with Gasteiger partial charge >= 0.3 is 0 Å². The molecule has 5 rings (SSSR count). The van der Waals surface area contributed by atoms with Crippen LogP contribution in [0.15, 0.2) is 152 Å². The highest BCUT2D eigenvalue weighted by atomic mass is 32.2. The van der Waals surface area contributed by atoms with E-state index in [1.807, 2.05) is 30.0 Å². The van der Waals surface area contributed by atoms with E-state index < -0.39 is 14.4 Å². The van der Waals surface area contributed by atoms with Crippen molar-refractivity contribution in [3.05, 3.63) is 191 Å². The maximum Gasteiger partial charge on any atom is 0.296 e. The smallest absolute Gasteiger partial charge is 0.296 e. The molecule has 9 heteroatoms. The lowest BCUT2D eigenvalue weighted by Gasteiger charge is -2.32. The summed E-state index contributed by atoms with van der Waals surface area (Å²) >= 11 is 1.81. The standard InChI is InChI=1S/C54H69O6P2S/c1-50(2,33-21-10-11-22-34-63-9)44-29-31-48(46(35-44)52(5,6)42-25-17-13-18-26-42)59-61-57-39-54(37-55,38-56)40-58-62-60-49-32-30-45(51(3,4)41-23-15-12-16-24-41)36-47(49)53(7,8)43-27-19-14-20-28-43/h10-32,35-36,55-56,62H,33-34,37-40,61H2,1-9H3/q+1/p+1. The summed E-state index contributed by atoms with van der Waals surface area (Å²) in [5, 5.41) is 19.1. The first-order valence-electron chi connectivity index (χ1n) is 21.8. The summed E-state index contributed by atoms with van der Waals surface area (Å²) in [6.07, 6.45) is 11.7. The summed E-state index contributed by atoms with van der Waals surface area (Å²) < 4.78 is 25.3. The SMILES string of the molecule is CSCC=CC=CCC(C)(C)c1ccc(O[PH2+]OCC(CO)(C[OH2+])COPOc2ccc(C(C)(C)c3ccccc3)cc2C(C)(C)c2ccccc2)c(C(C)(C)c2ccccc2)c1. The quantitative estimate of drug-likeness (QED) is 0.0288. The monoisotopic (exact) mass is 908 g/mol. The molecule has 0 heterocycles. The Morgan fingerprint density at radius 1 is 0.619 bits per heavy atom. The van der Waals surface area contributed by atoms with Crippen LogP contribution >= 0.6 is 29.8 Å². The number of hydrogen-bond acceptors (Lipinski definition) is 6. The fraction of sp³-hybridized carbons (Fsp3) is 0.370. The van der Waals surface area contributed by atoms with Gasteiger partial charge in [-0.25, -0.2) is 4.52 Å². The Hall–Kier alpha value is -3.77. The van der Waals surface area contributed by atoms with Crippen LogP contribution in [0.1, 0.15) is 101 Å². The van der Waals surface area contributed by atoms with Crippen molar-refractivity contribution in [2.75, 3.05) is 38.4 Å². The van der Waals surface area contributed by atoms with Crippen LogP contribution < -0.4 is 9.05 Å². The van der Waals surface area contributed by atoms with Crippen LogP contribution in [0.2, 0.25) is 0 Å². The molecule has 0 bridgehead atoms. The molecular formula is C54H70O6P2S+2. The molecule has 0 spiro atoms. The molecular weight excluding hydrogens is 839 g/mol. The number of hydrogen-bond donors (Lipinski definition) is 1. The topological polar surface area (TPSA) is 80.0 Å². The van der Waals surface area contributed by atoms with Gasteiger partial charge in [0.15, 0.2) is 12.4 Å². The molecule has 0 aliphatic carbocycles. The summed E-state index contributed by atoms with van der Waals surface area (Å²) in [4.78, 5) is 0. The third-order valence-corrected chi connectivity index (χ3v) is 14.2. The van der Waals surface area contributed by atoms with E-state index in [0.717, 1.165) is 34.8 Å². The molecule has 5 aromatic carbocycles. The van der Waals surface area contributed by atoms with E-state index in [9.17, 15) is 5.11 Å². The van der Waals surface area contributed by atoms with Gasteiger partial charge < -0.3 is 23.8 Å². The van der Waals surface area contributed by atoms with Crippen LogP contribution in [-0.2, 0) is 30.7 Å². The molecule has 0 aliphatic heterocycles. The molecule has 63 heavy (non-hydrogen) atoms. The highest BCUT2D eigenvalue weighted by Crippen LogP contribution is 2.45. The molecule has 0 radical (unpaired) electrons. The van der Waals surface area contributed by atoms with Gasteiger partial charge in [0, 0.05) is 33.1 Å². The van der Waals surface area contributed by atoms with E-state index in [1.54, 1.807) is 0 Å². The molecule has 0 amide bonds. The predicted molar refractivity (Wildman–Crippen MR) is 272 cm³/mol. The van der Waals surface area contributed by atoms with Gasteiger partial charge in [0.2, 0.25) is 9.03 Å². The highest BCUT2D eigenvalue weighted by molar-refractivity contribution is 7.98. The van der Waals surface area contributed by atoms with E-state index >= 15 is 0 Å². The fourth-order valence-electron chi connectivity index (χ4n) is 7.71. The minimum absolute atomic E-state index is 0.0825. The van der Waals surface area contributed by atoms with Gasteiger partial charge in [-0.1, -0.05) is 195 Å². The normalized spacial score (nSPS) is 14.1. The Bertz CT molecular complexity index is 2220. The Kier molecular flexibility index (Phi) is 18.3. The van der Waals surface area contributed by atoms with E-state index in [4.69, 9.17) is 23.2 Å². The summed E-state index contributed by atoms with van der Waals surface area (Å²) in [6.45, 7) is 17.8. The number of aliphatic hydroxyl groups excluding tert-OH is 1. The average Bonchev–Trinajstić information content (AvgIpc) is 3.30. The minimum atomic E-state index is -0.958. The maximum absolute atomic E-state index is 10.6. The summed E-state index contributed by atoms with van der Waals surface area (Å²) in [5.41, 5.74) is 6.17. The van der Waals surface area contributed by atoms with Crippen LogP contribution in [0.3, 0.4) is 0 Å². The number of allylic oxidation sites excluding steroid dienone is 3. The van der Waals surface area contributed by atoms with E-state index in [0.29, 0.717) is 0 Å². The molecule has 3 N–H and O–H groups in total. The first kappa shape index (κ1) is 50.2. The van der Waals surface area contributed by atoms with Gasteiger partial charge in [0.25, 0.3) is 9.03 Å². The van der Waals surface area contributed by atoms with Gasteiger partial charge in [-0.05, 0) is 58.0 Å². The van der Waals surface area contributed by atoms with Crippen molar-refractivity contribution in [2.24, 2.45) is 5.41 Å². The molecule has 0 aliphatic rings. The lowest BCUT2D eigenvalue weighted by atomic mass is 9.73. The summed E-state index contributed by atoms with van der Waals surface area (Å²) in [7, 11) is -1.31. The van der Waals surface area contributed by atoms with Crippen molar-refractivity contribution in [3.63, 3.8) is 0 Å². The summed E-state index contributed by atoms with van der Waals surface area (Å²) in [6, 6.07) is 44.6. The van der Waals surface area contributed by atoms with Gasteiger partial charge in [0.1, 0.15) is 17.8 Å². The largest absolute Gasteiger partial charge is 0.449 e. The van der Waals surface area contributed by atoms with Gasteiger partial charge in [0.05, 0.1) is 13.2 Å². The highest BCUT2D eigenvalue weighted by Gasteiger charge is 2.36. The van der Waals surface area contributed by atoms with Crippen LogP contribution in [0.4, 0.5) is 0 Å². The molecule has 0 fully saturated rings. The van der Waals surface area contributed by atoms with Gasteiger partial charge in [-0.2, -0.15) is 11.8 Å². The minimum Gasteiger partial charge on any atom is -0.449 e. The van der Waals surface area contributed by atoms with Crippen molar-refractivity contribution in [1.82, 2.24) is 0 Å². The van der Waals surface area contributed by atoms with Crippen LogP contribution in [0, 0.1) is 5.41 Å². The average molecular weight is 909 g/mol. The molecule has 5 aromatic rings. The predicted octanol–water partition coefficient (Wildman–Crippen LogP) is 12.8. The van der Waals surface area contributed by atoms with Gasteiger partial charge in [-0.3, -0.25) is 0 Å². The fourth-order valence-corrected chi connectivity index (χ4v) is 9.51. The second-order valence-electron chi connectivity index (χ2n) is 18.6. The zero-order valence-electron chi connectivity index (χ0n) is 38.7. The van der Waals surface area contributed by atoms with Crippen molar-refractivity contribution in [2.45, 2.75) is 83.5 Å². The number of aliphatic hydroxyl groups is 1. The molecule has 3 atom stereocenters. The number of benzene rings is 5. The molecule has 336 valence electrons. The Balaban J connectivity index is 1.28. The van der Waals surface area contributed by atoms with E-state index in [1.165, 1.54) is 27.8 Å². The molecule has 0 aromatic heterocycles. The van der Waals surface area contributed by atoms with Crippen molar-refractivity contribution < 1.29 is 28.3 Å². The van der Waals surface area contributed by atoms with E-state index in [-0.39, 0.29) is 57.1 Å². The zero-order chi connectivity index (χ0) is 45.6. The second-order valence-corrected chi connectivity index (χ2v) is 21.0. The lowest BCUT2D eigenvalue weighted by Crippen LogP contribution is -2.38. The molecule has 6 nitrogen and oxygen atoms in total. The second kappa shape index (κ2) is 22.9.